The molecule has 0 aliphatic carbocycles. The van der Waals surface area contributed by atoms with Crippen LogP contribution in [0.3, 0.4) is 0 Å². The first-order chi connectivity index (χ1) is 3.73. The van der Waals surface area contributed by atoms with E-state index >= 15 is 0 Å². The lowest BCUT2D eigenvalue weighted by Gasteiger charge is -2.06. The van der Waals surface area contributed by atoms with Crippen molar-refractivity contribution in [2.75, 3.05) is 0 Å². The van der Waals surface area contributed by atoms with E-state index in [1.54, 1.807) is 0 Å². The molecule has 4 N–H and O–H groups in total. The molecule has 0 rings (SSSR count). The summed E-state index contributed by atoms with van der Waals surface area (Å²) in [5, 5.41) is 0. The number of hydrogen-bond donors (Lipinski definition) is 2. The molecule has 3 nitrogen and oxygen atoms in total. The predicted molar refractivity (Wildman–Crippen MR) is 38.8 cm³/mol. The minimum atomic E-state index is -0.333. The van der Waals surface area contributed by atoms with Crippen molar-refractivity contribution in [2.45, 2.75) is 33.2 Å². The maximum Gasteiger partial charge on any atom is 0.214 e. The third kappa shape index (κ3) is 674. The van der Waals surface area contributed by atoms with E-state index < -0.39 is 0 Å². The Labute approximate surface area is 56.4 Å². The summed E-state index contributed by atoms with van der Waals surface area (Å²) in [6.07, 6.45) is 0. The van der Waals surface area contributed by atoms with E-state index in [0.717, 1.165) is 0 Å². The van der Waals surface area contributed by atoms with Gasteiger partial charge in [-0.25, -0.2) is 0 Å². The fraction of sp³-hybridized carbons (Fsp3) is 0.833. The van der Waals surface area contributed by atoms with Crippen LogP contribution in [0.15, 0.2) is 0 Å². The van der Waals surface area contributed by atoms with Crippen LogP contribution >= 0.6 is 0 Å². The Bertz CT molecular complexity index is 73.5. The fourth-order valence-corrected chi connectivity index (χ4v) is 0. The van der Waals surface area contributed by atoms with Crippen molar-refractivity contribution in [1.82, 2.24) is 0 Å². The van der Waals surface area contributed by atoms with E-state index in [4.69, 9.17) is 5.73 Å². The number of carbonyl (C=O) groups excluding carboxylic acids is 1. The number of rotatable bonds is 0. The second-order valence-corrected chi connectivity index (χ2v) is 2.98. The van der Waals surface area contributed by atoms with Crippen LogP contribution in [0.5, 0.6) is 0 Å². The molecule has 3 heteroatoms. The van der Waals surface area contributed by atoms with Crippen molar-refractivity contribution < 1.29 is 4.79 Å². The van der Waals surface area contributed by atoms with Gasteiger partial charge < -0.3 is 11.5 Å². The van der Waals surface area contributed by atoms with Gasteiger partial charge in [-0.15, -0.1) is 0 Å². The second-order valence-electron chi connectivity index (χ2n) is 2.98. The normalized spacial score (nSPS) is 9.44. The molecular weight excluding hydrogens is 116 g/mol. The largest absolute Gasteiger partial charge is 0.370 e. The number of amides is 1. The van der Waals surface area contributed by atoms with E-state index in [-0.39, 0.29) is 11.4 Å². The van der Waals surface area contributed by atoms with Crippen molar-refractivity contribution in [3.63, 3.8) is 0 Å². The van der Waals surface area contributed by atoms with Gasteiger partial charge in [0.15, 0.2) is 0 Å². The molecule has 0 saturated carbocycles. The third-order valence-corrected chi connectivity index (χ3v) is 0. The molecule has 0 aromatic heterocycles. The topological polar surface area (TPSA) is 69.1 Å². The van der Waals surface area contributed by atoms with Crippen LogP contribution in [0, 0.1) is 0 Å². The minimum Gasteiger partial charge on any atom is -0.370 e. The molecule has 9 heavy (non-hydrogen) atoms. The van der Waals surface area contributed by atoms with Crippen molar-refractivity contribution >= 4 is 5.91 Å². The van der Waals surface area contributed by atoms with Crippen molar-refractivity contribution in [3.05, 3.63) is 0 Å². The first-order valence-corrected chi connectivity index (χ1v) is 2.78. The van der Waals surface area contributed by atoms with Crippen LogP contribution in [-0.4, -0.2) is 11.4 Å². The summed E-state index contributed by atoms with van der Waals surface area (Å²) < 4.78 is 0. The molecule has 0 fully saturated rings. The average molecular weight is 132 g/mol. The molecule has 0 unspecified atom stereocenters. The molecule has 0 aromatic carbocycles. The van der Waals surface area contributed by atoms with Gasteiger partial charge in [-0.1, -0.05) is 0 Å². The summed E-state index contributed by atoms with van der Waals surface area (Å²) in [7, 11) is 0. The van der Waals surface area contributed by atoms with E-state index in [1.165, 1.54) is 6.92 Å². The van der Waals surface area contributed by atoms with Gasteiger partial charge in [0.25, 0.3) is 0 Å². The average Bonchev–Trinajstić information content (AvgIpc) is 1.19. The first-order valence-electron chi connectivity index (χ1n) is 2.78. The van der Waals surface area contributed by atoms with Gasteiger partial charge >= 0.3 is 0 Å². The molecule has 0 aliphatic heterocycles. The summed E-state index contributed by atoms with van der Waals surface area (Å²) in [6, 6.07) is 0. The van der Waals surface area contributed by atoms with Gasteiger partial charge in [-0.2, -0.15) is 0 Å². The molecule has 0 radical (unpaired) electrons. The van der Waals surface area contributed by atoms with Crippen molar-refractivity contribution in [3.8, 4) is 0 Å². The molecule has 56 valence electrons. The quantitative estimate of drug-likeness (QED) is 0.495. The van der Waals surface area contributed by atoms with Gasteiger partial charge in [0.2, 0.25) is 5.91 Å². The highest BCUT2D eigenvalue weighted by molar-refractivity contribution is 5.70. The first kappa shape index (κ1) is 11.3. The van der Waals surface area contributed by atoms with E-state index in [0.29, 0.717) is 0 Å². The van der Waals surface area contributed by atoms with Gasteiger partial charge in [-0.05, 0) is 20.8 Å². The maximum absolute atomic E-state index is 9.22. The summed E-state index contributed by atoms with van der Waals surface area (Å²) in [6.45, 7) is 7.20. The van der Waals surface area contributed by atoms with E-state index in [1.807, 2.05) is 20.8 Å². The lowest BCUT2D eigenvalue weighted by molar-refractivity contribution is -0.115. The van der Waals surface area contributed by atoms with Gasteiger partial charge in [-0.3, -0.25) is 4.79 Å². The van der Waals surface area contributed by atoms with Gasteiger partial charge in [0.1, 0.15) is 0 Å². The van der Waals surface area contributed by atoms with Crippen LogP contribution in [0.2, 0.25) is 0 Å². The lowest BCUT2D eigenvalue weighted by Crippen LogP contribution is -2.26. The molecule has 0 atom stereocenters. The fourth-order valence-electron chi connectivity index (χ4n) is 0. The Morgan fingerprint density at radius 2 is 1.33 bits per heavy atom. The minimum absolute atomic E-state index is 0. The summed E-state index contributed by atoms with van der Waals surface area (Å²) in [5.74, 6) is -0.333. The lowest BCUT2D eigenvalue weighted by atomic mass is 10.1. The highest BCUT2D eigenvalue weighted by Crippen LogP contribution is 1.88. The van der Waals surface area contributed by atoms with Gasteiger partial charge in [0.05, 0.1) is 0 Å². The second kappa shape index (κ2) is 4.32. The van der Waals surface area contributed by atoms with Crippen LogP contribution < -0.4 is 11.5 Å². The zero-order chi connectivity index (χ0) is 8.08. The highest BCUT2D eigenvalue weighted by atomic mass is 16.1. The summed E-state index contributed by atoms with van der Waals surface area (Å²) >= 11 is 0. The van der Waals surface area contributed by atoms with Crippen LogP contribution in [0.1, 0.15) is 27.7 Å². The Morgan fingerprint density at radius 3 is 1.33 bits per heavy atom. The molecule has 0 spiro atoms. The third-order valence-electron chi connectivity index (χ3n) is 0. The van der Waals surface area contributed by atoms with Gasteiger partial charge in [0, 0.05) is 12.5 Å². The van der Waals surface area contributed by atoms with Crippen molar-refractivity contribution in [1.29, 1.82) is 0 Å². The zero-order valence-corrected chi connectivity index (χ0v) is 6.56. The number of hydrogen-bond acceptors (Lipinski definition) is 2. The van der Waals surface area contributed by atoms with E-state index in [2.05, 4.69) is 5.73 Å². The van der Waals surface area contributed by atoms with Crippen LogP contribution in [-0.2, 0) is 4.79 Å². The van der Waals surface area contributed by atoms with E-state index in [9.17, 15) is 4.79 Å². The molecule has 0 bridgehead atoms. The Morgan fingerprint density at radius 1 is 1.33 bits per heavy atom. The maximum atomic E-state index is 9.22. The molecule has 1 amide bonds. The Kier molecular flexibility index (Phi) is 5.41. The van der Waals surface area contributed by atoms with Crippen LogP contribution in [0.25, 0.3) is 0 Å². The van der Waals surface area contributed by atoms with Crippen LogP contribution in [0.4, 0.5) is 0 Å². The Balaban J connectivity index is 0. The SMILES string of the molecule is CC(C)(C)N.CC(N)=O. The Hall–Kier alpha value is -0.570. The molecule has 0 heterocycles. The molecule has 0 aliphatic rings. The standard InChI is InChI=1S/C4H11N.C2H5NO/c1-4(2,3)5;1-2(3)4/h5H2,1-3H3;1H3,(H2,3,4). The predicted octanol–water partition coefficient (Wildman–Crippen LogP) is 0.235. The highest BCUT2D eigenvalue weighted by Gasteiger charge is 1.95. The smallest absolute Gasteiger partial charge is 0.214 e. The zero-order valence-electron chi connectivity index (χ0n) is 6.56. The monoisotopic (exact) mass is 132 g/mol. The summed E-state index contributed by atoms with van der Waals surface area (Å²) in [5.41, 5.74) is 9.83. The number of nitrogens with two attached hydrogens (primary N) is 2. The van der Waals surface area contributed by atoms with Crippen molar-refractivity contribution in [2.24, 2.45) is 11.5 Å². The molecule has 0 aromatic rings. The number of carbonyl (C=O) groups is 1. The molecule has 0 saturated heterocycles. The molecular formula is C6H16N2O. The summed E-state index contributed by atoms with van der Waals surface area (Å²) in [4.78, 5) is 9.22. The number of primary amides is 1.